The zero-order chi connectivity index (χ0) is 27.8. The minimum atomic E-state index is -0.695. The maximum absolute atomic E-state index is 13.8. The average molecular weight is 576 g/mol. The second-order valence-corrected chi connectivity index (χ2v) is 10.7. The van der Waals surface area contributed by atoms with Crippen molar-refractivity contribution in [2.45, 2.75) is 31.7 Å². The van der Waals surface area contributed by atoms with Gasteiger partial charge in [0.05, 0.1) is 21.3 Å². The number of halogens is 2. The number of nitrogens with zero attached hydrogens (tertiary/aromatic N) is 3. The van der Waals surface area contributed by atoms with Crippen LogP contribution in [0.2, 0.25) is 5.02 Å². The van der Waals surface area contributed by atoms with Crippen LogP contribution in [-0.4, -0.2) is 78.6 Å². The molecule has 9 nitrogen and oxygen atoms in total. The predicted octanol–water partition coefficient (Wildman–Crippen LogP) is 4.31. The second kappa shape index (κ2) is 13.7. The molecular formula is C27H31ClFN5O4S. The number of fused-ring (bicyclic) bond motifs is 1. The van der Waals surface area contributed by atoms with Gasteiger partial charge in [-0.1, -0.05) is 47.2 Å². The van der Waals surface area contributed by atoms with Crippen molar-refractivity contribution in [1.82, 2.24) is 20.1 Å². The predicted molar refractivity (Wildman–Crippen MR) is 150 cm³/mol. The topological polar surface area (TPSA) is 104 Å². The molecule has 0 bridgehead atoms. The number of hydrogen-bond acceptors (Lipinski definition) is 7. The van der Waals surface area contributed by atoms with Crippen LogP contribution in [0, 0.1) is 5.82 Å². The van der Waals surface area contributed by atoms with E-state index in [-0.39, 0.29) is 42.7 Å². The summed E-state index contributed by atoms with van der Waals surface area (Å²) in [5, 5.41) is 6.26. The van der Waals surface area contributed by atoms with Crippen LogP contribution in [-0.2, 0) is 20.7 Å². The van der Waals surface area contributed by atoms with Gasteiger partial charge < -0.3 is 19.9 Å². The molecule has 39 heavy (non-hydrogen) atoms. The molecule has 0 spiro atoms. The van der Waals surface area contributed by atoms with Gasteiger partial charge in [0.1, 0.15) is 12.4 Å². The van der Waals surface area contributed by atoms with E-state index in [0.717, 1.165) is 23.3 Å². The number of thiazole rings is 1. The van der Waals surface area contributed by atoms with Gasteiger partial charge in [-0.15, -0.1) is 0 Å². The van der Waals surface area contributed by atoms with Gasteiger partial charge in [0, 0.05) is 46.1 Å². The summed E-state index contributed by atoms with van der Waals surface area (Å²) >= 11 is 7.37. The van der Waals surface area contributed by atoms with Gasteiger partial charge in [-0.2, -0.15) is 0 Å². The van der Waals surface area contributed by atoms with Gasteiger partial charge in [0.2, 0.25) is 11.8 Å². The van der Waals surface area contributed by atoms with Crippen LogP contribution >= 0.6 is 22.9 Å². The van der Waals surface area contributed by atoms with E-state index in [4.69, 9.17) is 16.3 Å². The molecule has 1 saturated heterocycles. The van der Waals surface area contributed by atoms with Gasteiger partial charge in [-0.3, -0.25) is 14.9 Å². The average Bonchev–Trinajstić information content (AvgIpc) is 3.36. The van der Waals surface area contributed by atoms with E-state index in [2.05, 4.69) is 15.6 Å². The lowest BCUT2D eigenvalue weighted by molar-refractivity contribution is -0.135. The van der Waals surface area contributed by atoms with Crippen LogP contribution in [0.1, 0.15) is 24.8 Å². The Balaban J connectivity index is 1.36. The van der Waals surface area contributed by atoms with E-state index in [0.29, 0.717) is 30.2 Å². The molecule has 0 unspecified atom stereocenters. The van der Waals surface area contributed by atoms with E-state index in [1.54, 1.807) is 24.1 Å². The maximum Gasteiger partial charge on any atom is 0.413 e. The van der Waals surface area contributed by atoms with E-state index in [9.17, 15) is 18.8 Å². The Hall–Kier alpha value is -3.28. The molecule has 3 amide bonds. The maximum atomic E-state index is 13.8. The van der Waals surface area contributed by atoms with Gasteiger partial charge in [0.15, 0.2) is 5.13 Å². The fraction of sp³-hybridized carbons (Fsp3) is 0.407. The van der Waals surface area contributed by atoms with Crippen molar-refractivity contribution in [1.29, 1.82) is 0 Å². The summed E-state index contributed by atoms with van der Waals surface area (Å²) in [6.07, 6.45) is 0.172. The molecule has 4 rings (SSSR count). The number of amides is 3. The number of likely N-dealkylation sites (N-methyl/N-ethyl adjacent to an activating group) is 1. The van der Waals surface area contributed by atoms with Gasteiger partial charge in [0.25, 0.3) is 0 Å². The highest BCUT2D eigenvalue weighted by Gasteiger charge is 2.25. The summed E-state index contributed by atoms with van der Waals surface area (Å²) in [4.78, 5) is 46.0. The molecule has 1 aliphatic heterocycles. The van der Waals surface area contributed by atoms with Gasteiger partial charge >= 0.3 is 6.09 Å². The lowest BCUT2D eigenvalue weighted by Crippen LogP contribution is -2.47. The van der Waals surface area contributed by atoms with E-state index in [1.165, 1.54) is 22.3 Å². The lowest BCUT2D eigenvalue weighted by atomic mass is 10.1. The summed E-state index contributed by atoms with van der Waals surface area (Å²) in [6, 6.07) is 11.5. The molecule has 1 atom stereocenters. The largest absolute Gasteiger partial charge is 0.447 e. The molecule has 3 aromatic rings. The zero-order valence-electron chi connectivity index (χ0n) is 21.6. The molecule has 2 heterocycles. The number of aryl methyl sites for hydroxylation is 1. The Kier molecular flexibility index (Phi) is 10.1. The van der Waals surface area contributed by atoms with Crippen LogP contribution in [0.15, 0.2) is 42.5 Å². The molecular weight excluding hydrogens is 545 g/mol. The smallest absolute Gasteiger partial charge is 0.413 e. The molecule has 0 radical (unpaired) electrons. The number of para-hydroxylation sites is 1. The first-order valence-electron chi connectivity index (χ1n) is 12.8. The minimum absolute atomic E-state index is 0.000901. The van der Waals surface area contributed by atoms with Crippen molar-refractivity contribution in [3.8, 4) is 0 Å². The highest BCUT2D eigenvalue weighted by atomic mass is 35.5. The second-order valence-electron chi connectivity index (χ2n) is 9.25. The number of carbonyl (C=O) groups excluding carboxylic acids is 3. The van der Waals surface area contributed by atoms with Gasteiger partial charge in [-0.25, -0.2) is 14.2 Å². The number of piperazine rings is 1. The van der Waals surface area contributed by atoms with Crippen molar-refractivity contribution in [2.75, 3.05) is 45.2 Å². The summed E-state index contributed by atoms with van der Waals surface area (Å²) in [6.45, 7) is 2.65. The van der Waals surface area contributed by atoms with Crippen molar-refractivity contribution in [3.63, 3.8) is 0 Å². The number of ether oxygens (including phenoxy) is 1. The number of carbonyl (C=O) groups is 3. The monoisotopic (exact) mass is 575 g/mol. The highest BCUT2D eigenvalue weighted by molar-refractivity contribution is 7.22. The third-order valence-electron chi connectivity index (χ3n) is 6.65. The first kappa shape index (κ1) is 28.7. The molecule has 1 aliphatic rings. The number of hydrogen-bond donors (Lipinski definition) is 2. The Morgan fingerprint density at radius 3 is 2.72 bits per heavy atom. The van der Waals surface area contributed by atoms with Gasteiger partial charge in [-0.05, 0) is 36.6 Å². The molecule has 2 N–H and O–H groups in total. The summed E-state index contributed by atoms with van der Waals surface area (Å²) in [7, 11) is 1.62. The third kappa shape index (κ3) is 7.87. The fourth-order valence-electron chi connectivity index (χ4n) is 4.34. The van der Waals surface area contributed by atoms with Crippen molar-refractivity contribution in [2.24, 2.45) is 0 Å². The van der Waals surface area contributed by atoms with E-state index >= 15 is 0 Å². The Morgan fingerprint density at radius 2 is 1.95 bits per heavy atom. The lowest BCUT2D eigenvalue weighted by Gasteiger charge is -2.30. The number of benzene rings is 2. The minimum Gasteiger partial charge on any atom is -0.447 e. The van der Waals surface area contributed by atoms with Crippen LogP contribution in [0.4, 0.5) is 14.3 Å². The molecule has 1 fully saturated rings. The first-order chi connectivity index (χ1) is 18.8. The standard InChI is InChI=1S/C27H31ClFN5O4S/c1-33(23(35)11-9-18-5-4-6-20(29)25(18)28)19(10-12-24(36)34-15-13-30-14-16-34)17-38-27(37)32-26-31-21-7-2-3-8-22(21)39-26/h2-8,19,30H,9-17H2,1H3,(H,31,32,37)/t19-/m0/s1. The number of aromatic nitrogens is 1. The summed E-state index contributed by atoms with van der Waals surface area (Å²) in [5.41, 5.74) is 1.31. The fourth-order valence-corrected chi connectivity index (χ4v) is 5.41. The molecule has 12 heteroatoms. The zero-order valence-corrected chi connectivity index (χ0v) is 23.2. The van der Waals surface area contributed by atoms with E-state index in [1.807, 2.05) is 24.3 Å². The molecule has 208 valence electrons. The quantitative estimate of drug-likeness (QED) is 0.373. The van der Waals surface area contributed by atoms with Crippen molar-refractivity contribution in [3.05, 3.63) is 58.9 Å². The molecule has 2 aromatic carbocycles. The number of nitrogens with one attached hydrogen (secondary N) is 2. The summed E-state index contributed by atoms with van der Waals surface area (Å²) in [5.74, 6) is -0.773. The van der Waals surface area contributed by atoms with Crippen LogP contribution in [0.5, 0.6) is 0 Å². The van der Waals surface area contributed by atoms with Crippen LogP contribution in [0.3, 0.4) is 0 Å². The Labute approximate surface area is 235 Å². The molecule has 1 aromatic heterocycles. The summed E-state index contributed by atoms with van der Waals surface area (Å²) < 4.78 is 20.2. The first-order valence-corrected chi connectivity index (χ1v) is 14.0. The Morgan fingerprint density at radius 1 is 1.18 bits per heavy atom. The van der Waals surface area contributed by atoms with Crippen LogP contribution in [0.25, 0.3) is 10.2 Å². The molecule has 0 aliphatic carbocycles. The van der Waals surface area contributed by atoms with E-state index < -0.39 is 18.0 Å². The number of rotatable bonds is 10. The SMILES string of the molecule is CN(C(=O)CCc1cccc(F)c1Cl)[C@@H](CCC(=O)N1CCNCC1)COC(=O)Nc1nc2ccccc2s1. The van der Waals surface area contributed by atoms with Crippen molar-refractivity contribution >= 4 is 56.2 Å². The van der Waals surface area contributed by atoms with Crippen LogP contribution < -0.4 is 10.6 Å². The number of anilines is 1. The van der Waals surface area contributed by atoms with Crippen molar-refractivity contribution < 1.29 is 23.5 Å². The highest BCUT2D eigenvalue weighted by Crippen LogP contribution is 2.25. The Bertz CT molecular complexity index is 1280. The molecule has 0 saturated carbocycles. The normalized spacial score (nSPS) is 14.2. The third-order valence-corrected chi connectivity index (χ3v) is 8.03.